The van der Waals surface area contributed by atoms with Gasteiger partial charge in [0.15, 0.2) is 0 Å². The molecule has 1 unspecified atom stereocenters. The van der Waals surface area contributed by atoms with E-state index in [2.05, 4.69) is 38.1 Å². The maximum absolute atomic E-state index is 4.79. The maximum atomic E-state index is 4.79. The fourth-order valence-corrected chi connectivity index (χ4v) is 4.53. The first-order chi connectivity index (χ1) is 8.33. The molecule has 1 fully saturated rings. The quantitative estimate of drug-likeness (QED) is 0.897. The van der Waals surface area contributed by atoms with Gasteiger partial charge < -0.3 is 5.32 Å². The Bertz CT molecular complexity index is 500. The molecule has 2 aromatic heterocycles. The van der Waals surface area contributed by atoms with Gasteiger partial charge in [0.1, 0.15) is 5.01 Å². The van der Waals surface area contributed by atoms with Crippen LogP contribution in [0.1, 0.15) is 24.5 Å². The van der Waals surface area contributed by atoms with E-state index in [9.17, 15) is 0 Å². The molecular formula is C12H13BrN2S2. The molecule has 3 heterocycles. The zero-order chi connectivity index (χ0) is 11.7. The number of nitrogens with one attached hydrogen (secondary N) is 1. The Kier molecular flexibility index (Phi) is 3.61. The molecule has 0 aromatic carbocycles. The Labute approximate surface area is 117 Å². The van der Waals surface area contributed by atoms with Gasteiger partial charge in [-0.05, 0) is 41.4 Å². The van der Waals surface area contributed by atoms with Crippen LogP contribution in [0.2, 0.25) is 0 Å². The summed E-state index contributed by atoms with van der Waals surface area (Å²) in [7, 11) is 0. The lowest BCUT2D eigenvalue weighted by Crippen LogP contribution is -2.28. The van der Waals surface area contributed by atoms with Crippen molar-refractivity contribution in [2.45, 2.75) is 18.8 Å². The van der Waals surface area contributed by atoms with Crippen LogP contribution in [0.5, 0.6) is 0 Å². The number of rotatable bonds is 2. The third kappa shape index (κ3) is 2.62. The van der Waals surface area contributed by atoms with Gasteiger partial charge in [-0.15, -0.1) is 22.7 Å². The zero-order valence-electron chi connectivity index (χ0n) is 9.28. The number of aromatic nitrogens is 1. The summed E-state index contributed by atoms with van der Waals surface area (Å²) in [5, 5.41) is 8.93. The van der Waals surface area contributed by atoms with Gasteiger partial charge in [0, 0.05) is 27.7 Å². The van der Waals surface area contributed by atoms with Crippen LogP contribution in [0.3, 0.4) is 0 Å². The second-order valence-corrected chi connectivity index (χ2v) is 6.93. The van der Waals surface area contributed by atoms with Crippen LogP contribution in [0.15, 0.2) is 21.3 Å². The van der Waals surface area contributed by atoms with Gasteiger partial charge in [0.05, 0.1) is 10.6 Å². The van der Waals surface area contributed by atoms with E-state index in [-0.39, 0.29) is 0 Å². The van der Waals surface area contributed by atoms with Crippen molar-refractivity contribution in [3.63, 3.8) is 0 Å². The Morgan fingerprint density at radius 2 is 2.29 bits per heavy atom. The molecule has 0 amide bonds. The molecule has 3 rings (SSSR count). The molecule has 2 aromatic rings. The first kappa shape index (κ1) is 11.8. The van der Waals surface area contributed by atoms with Crippen molar-refractivity contribution in [2.75, 3.05) is 13.1 Å². The number of thiazole rings is 1. The van der Waals surface area contributed by atoms with Crippen molar-refractivity contribution in [3.05, 3.63) is 27.0 Å². The molecule has 0 radical (unpaired) electrons. The molecule has 0 bridgehead atoms. The molecule has 0 saturated carbocycles. The predicted molar refractivity (Wildman–Crippen MR) is 78.0 cm³/mol. The normalized spacial score (nSPS) is 20.6. The highest BCUT2D eigenvalue weighted by atomic mass is 79.9. The van der Waals surface area contributed by atoms with E-state index in [4.69, 9.17) is 4.98 Å². The Hall–Kier alpha value is -0.230. The summed E-state index contributed by atoms with van der Waals surface area (Å²) in [5.41, 5.74) is 1.27. The van der Waals surface area contributed by atoms with Gasteiger partial charge in [-0.3, -0.25) is 0 Å². The first-order valence-electron chi connectivity index (χ1n) is 5.73. The minimum Gasteiger partial charge on any atom is -0.316 e. The van der Waals surface area contributed by atoms with E-state index in [1.807, 2.05) is 0 Å². The molecule has 1 saturated heterocycles. The maximum Gasteiger partial charge on any atom is 0.133 e. The number of hydrogen-bond acceptors (Lipinski definition) is 4. The highest BCUT2D eigenvalue weighted by Crippen LogP contribution is 2.34. The van der Waals surface area contributed by atoms with Gasteiger partial charge in [-0.2, -0.15) is 0 Å². The SMILES string of the molecule is Brc1csc(-c2nc(C3CCCNC3)cs2)c1. The minimum atomic E-state index is 0.608. The third-order valence-corrected chi connectivity index (χ3v) is 5.74. The molecule has 1 aliphatic heterocycles. The highest BCUT2D eigenvalue weighted by molar-refractivity contribution is 9.10. The largest absolute Gasteiger partial charge is 0.316 e. The number of nitrogens with zero attached hydrogens (tertiary/aromatic N) is 1. The molecule has 1 aliphatic rings. The summed E-state index contributed by atoms with van der Waals surface area (Å²) in [6.07, 6.45) is 2.53. The van der Waals surface area contributed by atoms with Crippen LogP contribution < -0.4 is 5.32 Å². The Morgan fingerprint density at radius 1 is 1.35 bits per heavy atom. The average Bonchev–Trinajstić information content (AvgIpc) is 2.98. The number of halogens is 1. The molecule has 1 atom stereocenters. The molecule has 90 valence electrons. The molecule has 1 N–H and O–H groups in total. The van der Waals surface area contributed by atoms with Gasteiger partial charge in [0.2, 0.25) is 0 Å². The number of piperidine rings is 1. The van der Waals surface area contributed by atoms with E-state index in [1.54, 1.807) is 22.7 Å². The summed E-state index contributed by atoms with van der Waals surface area (Å²) in [6.45, 7) is 2.24. The second-order valence-electron chi connectivity index (χ2n) is 4.25. The summed E-state index contributed by atoms with van der Waals surface area (Å²) in [4.78, 5) is 6.05. The van der Waals surface area contributed by atoms with Gasteiger partial charge in [-0.25, -0.2) is 4.98 Å². The van der Waals surface area contributed by atoms with E-state index >= 15 is 0 Å². The Balaban J connectivity index is 1.82. The van der Waals surface area contributed by atoms with Crippen molar-refractivity contribution in [1.82, 2.24) is 10.3 Å². The van der Waals surface area contributed by atoms with Crippen molar-refractivity contribution < 1.29 is 0 Å². The zero-order valence-corrected chi connectivity index (χ0v) is 12.5. The average molecular weight is 329 g/mol. The monoisotopic (exact) mass is 328 g/mol. The summed E-state index contributed by atoms with van der Waals surface area (Å²) in [5.74, 6) is 0.608. The lowest BCUT2D eigenvalue weighted by molar-refractivity contribution is 0.456. The van der Waals surface area contributed by atoms with Crippen LogP contribution in [-0.2, 0) is 0 Å². The van der Waals surface area contributed by atoms with Crippen LogP contribution >= 0.6 is 38.6 Å². The van der Waals surface area contributed by atoms with E-state index < -0.39 is 0 Å². The Morgan fingerprint density at radius 3 is 3.00 bits per heavy atom. The smallest absolute Gasteiger partial charge is 0.133 e. The standard InChI is InChI=1S/C12H13BrN2S2/c13-9-4-11(16-6-9)12-15-10(7-17-12)8-2-1-3-14-5-8/h4,6-8,14H,1-3,5H2. The molecule has 2 nitrogen and oxygen atoms in total. The summed E-state index contributed by atoms with van der Waals surface area (Å²) < 4.78 is 1.15. The van der Waals surface area contributed by atoms with Crippen molar-refractivity contribution in [1.29, 1.82) is 0 Å². The predicted octanol–water partition coefficient (Wildman–Crippen LogP) is 4.10. The van der Waals surface area contributed by atoms with Gasteiger partial charge >= 0.3 is 0 Å². The second kappa shape index (κ2) is 5.18. The van der Waals surface area contributed by atoms with Crippen LogP contribution in [0.4, 0.5) is 0 Å². The number of thiophene rings is 1. The van der Waals surface area contributed by atoms with Gasteiger partial charge in [-0.1, -0.05) is 0 Å². The molecular weight excluding hydrogens is 316 g/mol. The van der Waals surface area contributed by atoms with E-state index in [0.29, 0.717) is 5.92 Å². The fraction of sp³-hybridized carbons (Fsp3) is 0.417. The summed E-state index contributed by atoms with van der Waals surface area (Å²) >= 11 is 7.00. The molecule has 17 heavy (non-hydrogen) atoms. The molecule has 0 aliphatic carbocycles. The highest BCUT2D eigenvalue weighted by Gasteiger charge is 2.18. The molecule has 0 spiro atoms. The van der Waals surface area contributed by atoms with Crippen LogP contribution in [-0.4, -0.2) is 18.1 Å². The van der Waals surface area contributed by atoms with Crippen LogP contribution in [0.25, 0.3) is 9.88 Å². The lowest BCUT2D eigenvalue weighted by Gasteiger charge is -2.20. The van der Waals surface area contributed by atoms with E-state index in [0.717, 1.165) is 22.6 Å². The molecule has 5 heteroatoms. The fourth-order valence-electron chi connectivity index (χ4n) is 2.12. The first-order valence-corrected chi connectivity index (χ1v) is 8.29. The number of hydrogen-bond donors (Lipinski definition) is 1. The minimum absolute atomic E-state index is 0.608. The van der Waals surface area contributed by atoms with Crippen molar-refractivity contribution >= 4 is 38.6 Å². The topological polar surface area (TPSA) is 24.9 Å². The van der Waals surface area contributed by atoms with Crippen molar-refractivity contribution in [3.8, 4) is 9.88 Å². The van der Waals surface area contributed by atoms with Crippen LogP contribution in [0, 0.1) is 0 Å². The lowest BCUT2D eigenvalue weighted by atomic mass is 9.97. The van der Waals surface area contributed by atoms with Crippen molar-refractivity contribution in [2.24, 2.45) is 0 Å². The summed E-state index contributed by atoms with van der Waals surface area (Å²) in [6, 6.07) is 2.15. The van der Waals surface area contributed by atoms with E-state index in [1.165, 1.54) is 23.4 Å². The van der Waals surface area contributed by atoms with Gasteiger partial charge in [0.25, 0.3) is 0 Å². The third-order valence-electron chi connectivity index (χ3n) is 3.02.